The summed E-state index contributed by atoms with van der Waals surface area (Å²) in [6.07, 6.45) is 1.85. The molecule has 30 heavy (non-hydrogen) atoms. The SMILES string of the molecule is COc1ccc(CN(C(=O)COC(c2ccccc2)c2ccccc2)C2CC2)cc1. The van der Waals surface area contributed by atoms with Gasteiger partial charge in [-0.25, -0.2) is 0 Å². The van der Waals surface area contributed by atoms with Crippen molar-refractivity contribution in [3.63, 3.8) is 0 Å². The van der Waals surface area contributed by atoms with Crippen LogP contribution in [-0.2, 0) is 16.1 Å². The Bertz CT molecular complexity index is 898. The first kappa shape index (κ1) is 20.2. The van der Waals surface area contributed by atoms with Crippen molar-refractivity contribution in [2.75, 3.05) is 13.7 Å². The molecular weight excluding hydrogens is 374 g/mol. The van der Waals surface area contributed by atoms with E-state index in [0.717, 1.165) is 35.3 Å². The van der Waals surface area contributed by atoms with Crippen LogP contribution in [0.25, 0.3) is 0 Å². The van der Waals surface area contributed by atoms with Crippen LogP contribution in [0.2, 0.25) is 0 Å². The Hall–Kier alpha value is -3.11. The molecule has 0 bridgehead atoms. The van der Waals surface area contributed by atoms with Gasteiger partial charge in [0.2, 0.25) is 5.91 Å². The van der Waals surface area contributed by atoms with Crippen LogP contribution < -0.4 is 4.74 Å². The van der Waals surface area contributed by atoms with Gasteiger partial charge in [-0.15, -0.1) is 0 Å². The second-order valence-electron chi connectivity index (χ2n) is 7.61. The summed E-state index contributed by atoms with van der Waals surface area (Å²) in [7, 11) is 1.66. The van der Waals surface area contributed by atoms with Crippen LogP contribution in [0.15, 0.2) is 84.9 Å². The lowest BCUT2D eigenvalue weighted by Crippen LogP contribution is -2.35. The summed E-state index contributed by atoms with van der Waals surface area (Å²) in [5, 5.41) is 0. The fraction of sp³-hybridized carbons (Fsp3) is 0.269. The normalized spacial score (nSPS) is 13.3. The van der Waals surface area contributed by atoms with Crippen molar-refractivity contribution in [3.05, 3.63) is 102 Å². The maximum Gasteiger partial charge on any atom is 0.249 e. The van der Waals surface area contributed by atoms with Crippen LogP contribution in [0.3, 0.4) is 0 Å². The Kier molecular flexibility index (Phi) is 6.45. The van der Waals surface area contributed by atoms with E-state index < -0.39 is 0 Å². The van der Waals surface area contributed by atoms with Gasteiger partial charge in [-0.2, -0.15) is 0 Å². The molecule has 3 aromatic rings. The smallest absolute Gasteiger partial charge is 0.249 e. The maximum absolute atomic E-state index is 13.1. The Morgan fingerprint density at radius 2 is 1.47 bits per heavy atom. The lowest BCUT2D eigenvalue weighted by atomic mass is 10.0. The number of methoxy groups -OCH3 is 1. The number of rotatable bonds is 9. The number of hydrogen-bond acceptors (Lipinski definition) is 3. The Morgan fingerprint density at radius 1 is 0.900 bits per heavy atom. The zero-order valence-electron chi connectivity index (χ0n) is 17.2. The summed E-state index contributed by atoms with van der Waals surface area (Å²) in [6, 6.07) is 28.3. The third-order valence-corrected chi connectivity index (χ3v) is 5.40. The first-order valence-corrected chi connectivity index (χ1v) is 10.4. The quantitative estimate of drug-likeness (QED) is 0.507. The molecule has 0 spiro atoms. The molecule has 0 unspecified atom stereocenters. The fourth-order valence-electron chi connectivity index (χ4n) is 3.61. The predicted molar refractivity (Wildman–Crippen MR) is 117 cm³/mol. The number of nitrogens with zero attached hydrogens (tertiary/aromatic N) is 1. The van der Waals surface area contributed by atoms with Crippen molar-refractivity contribution in [2.45, 2.75) is 31.5 Å². The monoisotopic (exact) mass is 401 g/mol. The zero-order valence-corrected chi connectivity index (χ0v) is 17.2. The lowest BCUT2D eigenvalue weighted by Gasteiger charge is -2.25. The van der Waals surface area contributed by atoms with E-state index in [1.54, 1.807) is 7.11 Å². The van der Waals surface area contributed by atoms with E-state index in [2.05, 4.69) is 0 Å². The average molecular weight is 402 g/mol. The number of carbonyl (C=O) groups excluding carboxylic acids is 1. The highest BCUT2D eigenvalue weighted by Gasteiger charge is 2.33. The molecule has 0 radical (unpaired) electrons. The van der Waals surface area contributed by atoms with Gasteiger partial charge in [0, 0.05) is 12.6 Å². The second kappa shape index (κ2) is 9.59. The highest BCUT2D eigenvalue weighted by molar-refractivity contribution is 5.78. The third-order valence-electron chi connectivity index (χ3n) is 5.40. The van der Waals surface area contributed by atoms with Crippen LogP contribution in [0.5, 0.6) is 5.75 Å². The number of carbonyl (C=O) groups is 1. The summed E-state index contributed by atoms with van der Waals surface area (Å²) in [5.74, 6) is 0.852. The topological polar surface area (TPSA) is 38.8 Å². The maximum atomic E-state index is 13.1. The third kappa shape index (κ3) is 5.08. The predicted octanol–water partition coefficient (Wildman–Crippen LogP) is 4.99. The van der Waals surface area contributed by atoms with Crippen molar-refractivity contribution in [2.24, 2.45) is 0 Å². The van der Waals surface area contributed by atoms with Crippen LogP contribution in [0.1, 0.15) is 35.6 Å². The highest BCUT2D eigenvalue weighted by atomic mass is 16.5. The molecule has 154 valence electrons. The first-order valence-electron chi connectivity index (χ1n) is 10.4. The molecule has 0 atom stereocenters. The Labute approximate surface area is 178 Å². The minimum absolute atomic E-state index is 0.0326. The van der Waals surface area contributed by atoms with Crippen molar-refractivity contribution in [3.8, 4) is 5.75 Å². The van der Waals surface area contributed by atoms with Gasteiger partial charge < -0.3 is 14.4 Å². The summed E-state index contributed by atoms with van der Waals surface area (Å²) < 4.78 is 11.4. The molecule has 0 aliphatic heterocycles. The number of amides is 1. The van der Waals surface area contributed by atoms with E-state index in [1.165, 1.54) is 0 Å². The summed E-state index contributed by atoms with van der Waals surface area (Å²) in [4.78, 5) is 15.0. The summed E-state index contributed by atoms with van der Waals surface area (Å²) in [6.45, 7) is 0.652. The fourth-order valence-corrected chi connectivity index (χ4v) is 3.61. The highest BCUT2D eigenvalue weighted by Crippen LogP contribution is 2.30. The first-order chi connectivity index (χ1) is 14.7. The number of hydrogen-bond donors (Lipinski definition) is 0. The van der Waals surface area contributed by atoms with Gasteiger partial charge in [0.25, 0.3) is 0 Å². The molecule has 1 fully saturated rings. The van der Waals surface area contributed by atoms with Gasteiger partial charge >= 0.3 is 0 Å². The minimum atomic E-state index is -0.265. The van der Waals surface area contributed by atoms with Crippen LogP contribution in [0.4, 0.5) is 0 Å². The van der Waals surface area contributed by atoms with E-state index in [0.29, 0.717) is 12.6 Å². The van der Waals surface area contributed by atoms with E-state index in [9.17, 15) is 4.79 Å². The summed E-state index contributed by atoms with van der Waals surface area (Å²) in [5.41, 5.74) is 3.19. The van der Waals surface area contributed by atoms with E-state index in [-0.39, 0.29) is 18.6 Å². The van der Waals surface area contributed by atoms with Crippen LogP contribution in [0, 0.1) is 0 Å². The van der Waals surface area contributed by atoms with E-state index in [1.807, 2.05) is 89.8 Å². The number of ether oxygens (including phenoxy) is 2. The molecule has 3 aromatic carbocycles. The van der Waals surface area contributed by atoms with Crippen molar-refractivity contribution in [1.29, 1.82) is 0 Å². The molecule has 0 aromatic heterocycles. The van der Waals surface area contributed by atoms with E-state index in [4.69, 9.17) is 9.47 Å². The second-order valence-corrected chi connectivity index (χ2v) is 7.61. The van der Waals surface area contributed by atoms with Gasteiger partial charge in [-0.3, -0.25) is 4.79 Å². The molecule has 4 rings (SSSR count). The van der Waals surface area contributed by atoms with Crippen LogP contribution >= 0.6 is 0 Å². The average Bonchev–Trinajstić information content (AvgIpc) is 3.64. The van der Waals surface area contributed by atoms with Gasteiger partial charge in [-0.05, 0) is 41.7 Å². The Balaban J connectivity index is 1.46. The largest absolute Gasteiger partial charge is 0.497 e. The Morgan fingerprint density at radius 3 is 1.97 bits per heavy atom. The van der Waals surface area contributed by atoms with Gasteiger partial charge in [-0.1, -0.05) is 72.8 Å². The molecule has 4 nitrogen and oxygen atoms in total. The molecule has 1 aliphatic carbocycles. The molecule has 1 amide bonds. The number of benzene rings is 3. The molecule has 1 saturated carbocycles. The molecular formula is C26H27NO3. The van der Waals surface area contributed by atoms with Crippen LogP contribution in [-0.4, -0.2) is 30.6 Å². The lowest BCUT2D eigenvalue weighted by molar-refractivity contribution is -0.138. The molecule has 1 aliphatic rings. The molecule has 0 N–H and O–H groups in total. The minimum Gasteiger partial charge on any atom is -0.497 e. The molecule has 0 heterocycles. The van der Waals surface area contributed by atoms with Crippen molar-refractivity contribution in [1.82, 2.24) is 4.90 Å². The zero-order chi connectivity index (χ0) is 20.8. The molecule has 4 heteroatoms. The summed E-state index contributed by atoms with van der Waals surface area (Å²) >= 11 is 0. The molecule has 0 saturated heterocycles. The van der Waals surface area contributed by atoms with Gasteiger partial charge in [0.05, 0.1) is 7.11 Å². The van der Waals surface area contributed by atoms with Crippen molar-refractivity contribution >= 4 is 5.91 Å². The standard InChI is InChI=1S/C26H27NO3/c1-29-24-16-12-20(13-17-24)18-27(23-14-15-23)25(28)19-30-26(21-8-4-2-5-9-21)22-10-6-3-7-11-22/h2-13,16-17,23,26H,14-15,18-19H2,1H3. The van der Waals surface area contributed by atoms with Crippen molar-refractivity contribution < 1.29 is 14.3 Å². The van der Waals surface area contributed by atoms with Gasteiger partial charge in [0.15, 0.2) is 0 Å². The van der Waals surface area contributed by atoms with Gasteiger partial charge in [0.1, 0.15) is 18.5 Å². The van der Waals surface area contributed by atoms with E-state index >= 15 is 0 Å².